The van der Waals surface area contributed by atoms with Crippen LogP contribution in [0.15, 0.2) is 54.6 Å². The Hall–Kier alpha value is -3.82. The molecule has 0 bridgehead atoms. The van der Waals surface area contributed by atoms with E-state index in [-0.39, 0.29) is 24.1 Å². The van der Waals surface area contributed by atoms with Crippen LogP contribution in [0.3, 0.4) is 0 Å². The van der Waals surface area contributed by atoms with Gasteiger partial charge in [0.2, 0.25) is 5.91 Å². The van der Waals surface area contributed by atoms with E-state index in [1.165, 1.54) is 12.1 Å². The number of benzene rings is 2. The number of pyridine rings is 1. The quantitative estimate of drug-likeness (QED) is 0.566. The average Bonchev–Trinajstić information content (AvgIpc) is 2.82. The van der Waals surface area contributed by atoms with Crippen molar-refractivity contribution >= 4 is 34.2 Å². The average molecular weight is 472 g/mol. The molecule has 3 N–H and O–H groups in total. The second-order valence-corrected chi connectivity index (χ2v) is 8.07. The topological polar surface area (TPSA) is 97.5 Å². The van der Waals surface area contributed by atoms with Gasteiger partial charge in [-0.1, -0.05) is 12.1 Å². The van der Waals surface area contributed by atoms with Crippen LogP contribution in [0.25, 0.3) is 10.9 Å². The summed E-state index contributed by atoms with van der Waals surface area (Å²) in [4.78, 5) is 30.5. The van der Waals surface area contributed by atoms with Crippen LogP contribution in [0.2, 0.25) is 0 Å². The fourth-order valence-corrected chi connectivity index (χ4v) is 3.88. The number of primary amides is 1. The summed E-state index contributed by atoms with van der Waals surface area (Å²) in [6, 6.07) is 13.3. The smallest absolute Gasteiger partial charge is 0.416 e. The van der Waals surface area contributed by atoms with Crippen LogP contribution >= 0.6 is 0 Å². The Morgan fingerprint density at radius 1 is 1.06 bits per heavy atom. The SMILES string of the molecule is NC(=O)C1CCN(c2ccc3cccc(OCC(=O)Nc4ccc(C(F)(F)F)cc4)c3n2)CC1. The highest BCUT2D eigenvalue weighted by Gasteiger charge is 2.30. The summed E-state index contributed by atoms with van der Waals surface area (Å²) >= 11 is 0. The Morgan fingerprint density at radius 3 is 2.41 bits per heavy atom. The summed E-state index contributed by atoms with van der Waals surface area (Å²) in [6.45, 7) is 0.978. The summed E-state index contributed by atoms with van der Waals surface area (Å²) in [6.07, 6.45) is -3.11. The van der Waals surface area contributed by atoms with E-state index in [0.717, 1.165) is 23.3 Å². The van der Waals surface area contributed by atoms with Crippen molar-refractivity contribution in [3.8, 4) is 5.75 Å². The molecule has 3 aromatic rings. The van der Waals surface area contributed by atoms with E-state index < -0.39 is 17.6 Å². The van der Waals surface area contributed by atoms with Crippen molar-refractivity contribution in [3.05, 3.63) is 60.2 Å². The lowest BCUT2D eigenvalue weighted by molar-refractivity contribution is -0.137. The number of rotatable bonds is 6. The molecule has 178 valence electrons. The van der Waals surface area contributed by atoms with Gasteiger partial charge in [-0.05, 0) is 55.3 Å². The molecule has 7 nitrogen and oxygen atoms in total. The number of alkyl halides is 3. The van der Waals surface area contributed by atoms with E-state index >= 15 is 0 Å². The van der Waals surface area contributed by atoms with Gasteiger partial charge < -0.3 is 20.7 Å². The van der Waals surface area contributed by atoms with Crippen molar-refractivity contribution in [2.45, 2.75) is 19.0 Å². The Morgan fingerprint density at radius 2 is 1.76 bits per heavy atom. The van der Waals surface area contributed by atoms with Gasteiger partial charge in [0.15, 0.2) is 6.61 Å². The first-order valence-corrected chi connectivity index (χ1v) is 10.7. The minimum Gasteiger partial charge on any atom is -0.481 e. The molecule has 2 aromatic carbocycles. The molecular weight excluding hydrogens is 449 g/mol. The van der Waals surface area contributed by atoms with Gasteiger partial charge in [-0.25, -0.2) is 4.98 Å². The number of ether oxygens (including phenoxy) is 1. The van der Waals surface area contributed by atoms with Gasteiger partial charge >= 0.3 is 6.18 Å². The molecule has 10 heteroatoms. The van der Waals surface area contributed by atoms with Gasteiger partial charge in [0.25, 0.3) is 5.91 Å². The van der Waals surface area contributed by atoms with Crippen molar-refractivity contribution in [1.29, 1.82) is 0 Å². The Balaban J connectivity index is 1.42. The highest BCUT2D eigenvalue weighted by atomic mass is 19.4. The van der Waals surface area contributed by atoms with Gasteiger partial charge in [0.05, 0.1) is 5.56 Å². The van der Waals surface area contributed by atoms with E-state index in [1.54, 1.807) is 12.1 Å². The number of aromatic nitrogens is 1. The highest BCUT2D eigenvalue weighted by Crippen LogP contribution is 2.30. The number of para-hydroxylation sites is 1. The number of nitrogens with zero attached hydrogens (tertiary/aromatic N) is 2. The predicted molar refractivity (Wildman–Crippen MR) is 121 cm³/mol. The van der Waals surface area contributed by atoms with Crippen molar-refractivity contribution in [2.24, 2.45) is 11.7 Å². The van der Waals surface area contributed by atoms with Crippen molar-refractivity contribution in [3.63, 3.8) is 0 Å². The molecule has 0 atom stereocenters. The fourth-order valence-electron chi connectivity index (χ4n) is 3.88. The molecule has 1 aliphatic rings. The highest BCUT2D eigenvalue weighted by molar-refractivity contribution is 5.92. The maximum atomic E-state index is 12.7. The van der Waals surface area contributed by atoms with E-state index in [9.17, 15) is 22.8 Å². The Kier molecular flexibility index (Phi) is 6.58. The third kappa shape index (κ3) is 5.38. The predicted octanol–water partition coefficient (Wildman–Crippen LogP) is 3.97. The zero-order chi connectivity index (χ0) is 24.3. The van der Waals surface area contributed by atoms with Crippen LogP contribution < -0.4 is 20.7 Å². The lowest BCUT2D eigenvalue weighted by atomic mass is 9.96. The maximum Gasteiger partial charge on any atom is 0.416 e. The van der Waals surface area contributed by atoms with Gasteiger partial charge in [0.1, 0.15) is 17.1 Å². The van der Waals surface area contributed by atoms with E-state index in [4.69, 9.17) is 15.5 Å². The molecular formula is C24H23F3N4O3. The monoisotopic (exact) mass is 472 g/mol. The van der Waals surface area contributed by atoms with Crippen molar-refractivity contribution in [1.82, 2.24) is 4.98 Å². The van der Waals surface area contributed by atoms with E-state index in [2.05, 4.69) is 10.2 Å². The van der Waals surface area contributed by atoms with Gasteiger partial charge in [-0.3, -0.25) is 9.59 Å². The largest absolute Gasteiger partial charge is 0.481 e. The third-order valence-electron chi connectivity index (χ3n) is 5.74. The van der Waals surface area contributed by atoms with Crippen LogP contribution in [0.1, 0.15) is 18.4 Å². The van der Waals surface area contributed by atoms with E-state index in [0.29, 0.717) is 37.2 Å². The second kappa shape index (κ2) is 9.58. The number of halogens is 3. The number of amides is 2. The Bertz CT molecular complexity index is 1190. The summed E-state index contributed by atoms with van der Waals surface area (Å²) in [5, 5.41) is 3.35. The van der Waals surface area contributed by atoms with Crippen LogP contribution in [-0.4, -0.2) is 36.5 Å². The zero-order valence-corrected chi connectivity index (χ0v) is 18.1. The van der Waals surface area contributed by atoms with Crippen molar-refractivity contribution < 1.29 is 27.5 Å². The van der Waals surface area contributed by atoms with Crippen LogP contribution in [0, 0.1) is 5.92 Å². The zero-order valence-electron chi connectivity index (χ0n) is 18.1. The minimum absolute atomic E-state index is 0.126. The number of hydrogen-bond acceptors (Lipinski definition) is 5. The number of nitrogens with one attached hydrogen (secondary N) is 1. The summed E-state index contributed by atoms with van der Waals surface area (Å²) in [7, 11) is 0. The molecule has 1 aromatic heterocycles. The molecule has 4 rings (SSSR count). The molecule has 0 unspecified atom stereocenters. The number of fused-ring (bicyclic) bond motifs is 1. The molecule has 0 spiro atoms. The number of carbonyl (C=O) groups excluding carboxylic acids is 2. The molecule has 2 amide bonds. The normalized spacial score (nSPS) is 14.7. The van der Waals surface area contributed by atoms with Crippen LogP contribution in [0.5, 0.6) is 5.75 Å². The Labute approximate surface area is 193 Å². The first kappa shape index (κ1) is 23.3. The molecule has 0 radical (unpaired) electrons. The standard InChI is InChI=1S/C24H23F3N4O3/c25-24(26,27)17-5-7-18(8-6-17)29-21(32)14-34-19-3-1-2-15-4-9-20(30-22(15)19)31-12-10-16(11-13-31)23(28)33/h1-9,16H,10-14H2,(H2,28,33)(H,29,32). The first-order chi connectivity index (χ1) is 16.2. The first-order valence-electron chi connectivity index (χ1n) is 10.7. The molecule has 1 aliphatic heterocycles. The minimum atomic E-state index is -4.44. The summed E-state index contributed by atoms with van der Waals surface area (Å²) < 4.78 is 43.7. The number of piperidine rings is 1. The van der Waals surface area contributed by atoms with Gasteiger partial charge in [-0.15, -0.1) is 0 Å². The fraction of sp³-hybridized carbons (Fsp3) is 0.292. The van der Waals surface area contributed by atoms with Crippen LogP contribution in [-0.2, 0) is 15.8 Å². The van der Waals surface area contributed by atoms with Gasteiger partial charge in [-0.2, -0.15) is 13.2 Å². The number of hydrogen-bond donors (Lipinski definition) is 2. The number of anilines is 2. The third-order valence-corrected chi connectivity index (χ3v) is 5.74. The number of nitrogens with two attached hydrogens (primary N) is 1. The molecule has 2 heterocycles. The molecule has 0 saturated carbocycles. The number of carbonyl (C=O) groups is 2. The molecule has 0 aliphatic carbocycles. The maximum absolute atomic E-state index is 12.7. The molecule has 1 fully saturated rings. The summed E-state index contributed by atoms with van der Waals surface area (Å²) in [5.74, 6) is 0.228. The van der Waals surface area contributed by atoms with Crippen molar-refractivity contribution in [2.75, 3.05) is 29.9 Å². The molecule has 1 saturated heterocycles. The summed E-state index contributed by atoms with van der Waals surface area (Å²) in [5.41, 5.74) is 5.43. The lowest BCUT2D eigenvalue weighted by Gasteiger charge is -2.31. The van der Waals surface area contributed by atoms with Gasteiger partial charge in [0, 0.05) is 30.1 Å². The second-order valence-electron chi connectivity index (χ2n) is 8.07. The van der Waals surface area contributed by atoms with Crippen LogP contribution in [0.4, 0.5) is 24.7 Å². The lowest BCUT2D eigenvalue weighted by Crippen LogP contribution is -2.38. The van der Waals surface area contributed by atoms with E-state index in [1.807, 2.05) is 18.2 Å². The molecule has 34 heavy (non-hydrogen) atoms.